The van der Waals surface area contributed by atoms with E-state index in [0.717, 1.165) is 16.6 Å². The Morgan fingerprint density at radius 3 is 2.49 bits per heavy atom. The zero-order chi connectivity index (χ0) is 28.1. The number of anilines is 1. The number of fused-ring (bicyclic) bond motifs is 2. The van der Waals surface area contributed by atoms with Crippen LogP contribution < -0.4 is 24.1 Å². The second-order valence-corrected chi connectivity index (χ2v) is 10.2. The van der Waals surface area contributed by atoms with Gasteiger partial charge in [-0.1, -0.05) is 17.7 Å². The highest BCUT2D eigenvalue weighted by molar-refractivity contribution is 7.87. The number of ether oxygens (including phenoxy) is 2. The van der Waals surface area contributed by atoms with Crippen molar-refractivity contribution >= 4 is 32.7 Å². The fraction of sp³-hybridized carbons (Fsp3) is 0.250. The maximum absolute atomic E-state index is 13.5. The summed E-state index contributed by atoms with van der Waals surface area (Å²) >= 11 is 0. The fourth-order valence-electron chi connectivity index (χ4n) is 4.04. The van der Waals surface area contributed by atoms with Crippen LogP contribution in [0.25, 0.3) is 11.0 Å². The van der Waals surface area contributed by atoms with E-state index in [-0.39, 0.29) is 39.7 Å². The first-order chi connectivity index (χ1) is 18.4. The first-order valence-corrected chi connectivity index (χ1v) is 13.0. The third-order valence-electron chi connectivity index (χ3n) is 5.91. The van der Waals surface area contributed by atoms with E-state index in [1.165, 1.54) is 29.2 Å². The highest BCUT2D eigenvalue weighted by Crippen LogP contribution is 2.44. The van der Waals surface area contributed by atoms with Gasteiger partial charge in [-0.15, -0.1) is 13.9 Å². The van der Waals surface area contributed by atoms with Gasteiger partial charge < -0.3 is 23.5 Å². The van der Waals surface area contributed by atoms with Gasteiger partial charge in [-0.25, -0.2) is 9.67 Å². The molecule has 0 spiro atoms. The van der Waals surface area contributed by atoms with Crippen molar-refractivity contribution < 1.29 is 35.6 Å². The van der Waals surface area contributed by atoms with Crippen molar-refractivity contribution in [1.82, 2.24) is 19.7 Å². The molecule has 0 fully saturated rings. The lowest BCUT2D eigenvalue weighted by molar-refractivity contribution is -0.286. The Morgan fingerprint density at radius 1 is 1.15 bits per heavy atom. The second-order valence-electron chi connectivity index (χ2n) is 8.64. The molecule has 0 saturated carbocycles. The van der Waals surface area contributed by atoms with E-state index in [1.54, 1.807) is 32.9 Å². The second kappa shape index (κ2) is 9.34. The number of hydrogen-bond donors (Lipinski definition) is 1. The number of nitrogens with zero attached hydrogens (tertiary/aromatic N) is 4. The molecular weight excluding hydrogens is 540 g/mol. The largest absolute Gasteiger partial charge is 0.586 e. The molecule has 0 atom stereocenters. The van der Waals surface area contributed by atoms with E-state index in [1.807, 2.05) is 0 Å². The van der Waals surface area contributed by atoms with Crippen LogP contribution >= 0.6 is 0 Å². The molecule has 0 unspecified atom stereocenters. The predicted molar refractivity (Wildman–Crippen MR) is 133 cm³/mol. The summed E-state index contributed by atoms with van der Waals surface area (Å²) in [6.45, 7) is 4.49. The number of likely N-dealkylation sites (N-methyl/N-ethyl adjacent to an activating group) is 1. The maximum atomic E-state index is 13.5. The van der Waals surface area contributed by atoms with Crippen LogP contribution in [0.5, 0.6) is 17.4 Å². The van der Waals surface area contributed by atoms with Gasteiger partial charge in [0.2, 0.25) is 5.91 Å². The molecule has 4 aromatic rings. The number of alkyl halides is 2. The number of nitrogens with one attached hydrogen (secondary N) is 1. The van der Waals surface area contributed by atoms with E-state index >= 15 is 0 Å². The Hall–Kier alpha value is -4.53. The van der Waals surface area contributed by atoms with Gasteiger partial charge in [-0.2, -0.15) is 8.42 Å². The molecule has 0 radical (unpaired) electrons. The summed E-state index contributed by atoms with van der Waals surface area (Å²) in [5.74, 6) is -1.57. The lowest BCUT2D eigenvalue weighted by Crippen LogP contribution is -2.38. The van der Waals surface area contributed by atoms with E-state index in [2.05, 4.69) is 24.5 Å². The van der Waals surface area contributed by atoms with Crippen molar-refractivity contribution in [3.63, 3.8) is 0 Å². The number of hydrogen-bond acceptors (Lipinski definition) is 9. The van der Waals surface area contributed by atoms with Crippen molar-refractivity contribution in [3.8, 4) is 17.4 Å². The summed E-state index contributed by atoms with van der Waals surface area (Å²) in [6, 6.07) is 8.45. The first kappa shape index (κ1) is 26.1. The van der Waals surface area contributed by atoms with Crippen molar-refractivity contribution in [2.24, 2.45) is 0 Å². The number of carbonyl (C=O) groups excluding carboxylic acids is 1. The zero-order valence-corrected chi connectivity index (χ0v) is 21.6. The Morgan fingerprint density at radius 2 is 1.82 bits per heavy atom. The van der Waals surface area contributed by atoms with Crippen LogP contribution in [0.15, 0.2) is 52.4 Å². The van der Waals surface area contributed by atoms with Gasteiger partial charge in [-0.3, -0.25) is 9.59 Å². The lowest BCUT2D eigenvalue weighted by Gasteiger charge is -2.23. The molecule has 5 rings (SSSR count). The summed E-state index contributed by atoms with van der Waals surface area (Å²) < 4.78 is 67.7. The van der Waals surface area contributed by atoms with Crippen LogP contribution in [0.4, 0.5) is 14.5 Å². The third-order valence-corrected chi connectivity index (χ3v) is 7.14. The van der Waals surface area contributed by atoms with Crippen LogP contribution in [0.1, 0.15) is 18.1 Å². The van der Waals surface area contributed by atoms with Gasteiger partial charge in [-0.05, 0) is 44.5 Å². The van der Waals surface area contributed by atoms with Gasteiger partial charge in [0.15, 0.2) is 17.0 Å². The van der Waals surface area contributed by atoms with Gasteiger partial charge in [0.1, 0.15) is 17.0 Å². The topological polar surface area (TPSA) is 146 Å². The van der Waals surface area contributed by atoms with E-state index in [9.17, 15) is 26.8 Å². The molecule has 1 aliphatic heterocycles. The number of halogens is 2. The molecule has 3 heterocycles. The molecule has 1 aliphatic rings. The quantitative estimate of drug-likeness (QED) is 0.337. The van der Waals surface area contributed by atoms with Gasteiger partial charge >= 0.3 is 16.4 Å². The molecule has 39 heavy (non-hydrogen) atoms. The Labute approximate surface area is 219 Å². The minimum absolute atomic E-state index is 0.0701. The molecule has 1 amide bonds. The number of carbonyl (C=O) groups is 1. The number of amides is 1. The number of aromatic amines is 1. The Bertz CT molecular complexity index is 1770. The smallest absolute Gasteiger partial charge is 0.395 e. The molecule has 0 bridgehead atoms. The molecule has 15 heteroatoms. The average Bonchev–Trinajstić information content (AvgIpc) is 3.46. The molecule has 2 aromatic heterocycles. The number of rotatable bonds is 7. The Balaban J connectivity index is 1.48. The number of H-pyrrole nitrogens is 1. The molecule has 204 valence electrons. The number of imidazole rings is 1. The van der Waals surface area contributed by atoms with Crippen molar-refractivity contribution in [2.45, 2.75) is 38.5 Å². The summed E-state index contributed by atoms with van der Waals surface area (Å²) in [5.41, 5.74) is 0.465. The predicted octanol–water partition coefficient (Wildman–Crippen LogP) is 2.88. The van der Waals surface area contributed by atoms with Crippen molar-refractivity contribution in [2.75, 3.05) is 11.4 Å². The monoisotopic (exact) mass is 561 g/mol. The molecule has 12 nitrogen and oxygen atoms in total. The first-order valence-electron chi connectivity index (χ1n) is 11.5. The van der Waals surface area contributed by atoms with Crippen LogP contribution in [-0.2, 0) is 21.5 Å². The molecular formula is C24H21F2N5O7S. The summed E-state index contributed by atoms with van der Waals surface area (Å²) in [5, 5.41) is 3.99. The maximum Gasteiger partial charge on any atom is 0.586 e. The molecule has 2 aromatic carbocycles. The van der Waals surface area contributed by atoms with E-state index < -0.39 is 40.3 Å². The van der Waals surface area contributed by atoms with Crippen LogP contribution in [0, 0.1) is 13.8 Å². The zero-order valence-electron chi connectivity index (χ0n) is 20.8. The number of benzene rings is 2. The fourth-order valence-corrected chi connectivity index (χ4v) is 4.93. The minimum Gasteiger partial charge on any atom is -0.395 e. The summed E-state index contributed by atoms with van der Waals surface area (Å²) in [7, 11) is -4.35. The summed E-state index contributed by atoms with van der Waals surface area (Å²) in [6.07, 6.45) is -2.67. The van der Waals surface area contributed by atoms with Crippen LogP contribution in [-0.4, -0.2) is 46.9 Å². The van der Waals surface area contributed by atoms with Gasteiger partial charge in [0.05, 0.1) is 12.0 Å². The van der Waals surface area contributed by atoms with Gasteiger partial charge in [0, 0.05) is 12.6 Å². The van der Waals surface area contributed by atoms with Crippen LogP contribution in [0.3, 0.4) is 0 Å². The molecule has 0 saturated heterocycles. The normalized spacial score (nSPS) is 14.0. The van der Waals surface area contributed by atoms with Crippen molar-refractivity contribution in [1.29, 1.82) is 0 Å². The Kier molecular flexibility index (Phi) is 6.25. The van der Waals surface area contributed by atoms with E-state index in [4.69, 9.17) is 4.18 Å². The molecule has 1 N–H and O–H groups in total. The van der Waals surface area contributed by atoms with Crippen LogP contribution in [0.2, 0.25) is 0 Å². The number of aryl methyl sites for hydroxylation is 2. The minimum atomic E-state index is -4.35. The lowest BCUT2D eigenvalue weighted by atomic mass is 10.1. The number of aromatic nitrogens is 4. The standard InChI is InChI=1S/C24H21F2N5O7S/c1-4-30(16-10-18-17(9-14(16)3)36-24(25,26)37-18)19(32)11-31-23(33)21-20(27-12-28-21)22(29-31)38-39(34,35)15-7-5-13(2)6-8-15/h5-10,12H,4,11H2,1-3H3,(H,27,28). The SMILES string of the molecule is CCN(C(=O)Cn1nc(OS(=O)(=O)c2ccc(C)cc2)c2[nH]cnc2c1=O)c1cc2c(cc1C)OC(F)(F)O2. The average molecular weight is 562 g/mol. The molecule has 0 aliphatic carbocycles. The van der Waals surface area contributed by atoms with E-state index in [0.29, 0.717) is 5.56 Å². The highest BCUT2D eigenvalue weighted by Gasteiger charge is 2.44. The van der Waals surface area contributed by atoms with Gasteiger partial charge in [0.25, 0.3) is 11.4 Å². The highest BCUT2D eigenvalue weighted by atomic mass is 32.2. The van der Waals surface area contributed by atoms with Crippen molar-refractivity contribution in [3.05, 3.63) is 64.2 Å². The summed E-state index contributed by atoms with van der Waals surface area (Å²) in [4.78, 5) is 34.0. The third kappa shape index (κ3) is 4.87.